The number of ether oxygens (including phenoxy) is 1. The molecular formula is C11H15N3O3S. The fourth-order valence-electron chi connectivity index (χ4n) is 1.90. The molecule has 0 atom stereocenters. The average molecular weight is 269 g/mol. The smallest absolute Gasteiger partial charge is 0.307 e. The van der Waals surface area contributed by atoms with Crippen LogP contribution in [0, 0.1) is 10.1 Å². The van der Waals surface area contributed by atoms with E-state index in [0.29, 0.717) is 15.8 Å². The van der Waals surface area contributed by atoms with Gasteiger partial charge in [0.2, 0.25) is 0 Å². The summed E-state index contributed by atoms with van der Waals surface area (Å²) in [6.45, 7) is 1.45. The first-order valence-corrected chi connectivity index (χ1v) is 6.58. The first kappa shape index (κ1) is 13.1. The topological polar surface area (TPSA) is 90.4 Å². The number of rotatable bonds is 4. The van der Waals surface area contributed by atoms with Gasteiger partial charge in [0.05, 0.1) is 9.82 Å². The van der Waals surface area contributed by atoms with Gasteiger partial charge in [0.1, 0.15) is 5.69 Å². The first-order chi connectivity index (χ1) is 8.72. The SMILES string of the molecule is NNc1cccc(SC2CCOCC2)c1[N+](=O)[O-]. The van der Waals surface area contributed by atoms with Crippen molar-refractivity contribution in [3.8, 4) is 0 Å². The third-order valence-electron chi connectivity index (χ3n) is 2.80. The summed E-state index contributed by atoms with van der Waals surface area (Å²) in [4.78, 5) is 11.4. The van der Waals surface area contributed by atoms with Crippen molar-refractivity contribution in [3.05, 3.63) is 28.3 Å². The van der Waals surface area contributed by atoms with Crippen molar-refractivity contribution < 1.29 is 9.66 Å². The molecule has 1 fully saturated rings. The highest BCUT2D eigenvalue weighted by Gasteiger charge is 2.23. The molecule has 0 aromatic heterocycles. The van der Waals surface area contributed by atoms with E-state index in [1.54, 1.807) is 18.2 Å². The molecule has 6 nitrogen and oxygen atoms in total. The molecule has 18 heavy (non-hydrogen) atoms. The van der Waals surface area contributed by atoms with E-state index in [4.69, 9.17) is 10.6 Å². The maximum absolute atomic E-state index is 11.1. The van der Waals surface area contributed by atoms with Crippen LogP contribution in [-0.2, 0) is 4.74 Å². The second-order valence-corrected chi connectivity index (χ2v) is 5.33. The Labute approximate surface area is 109 Å². The Morgan fingerprint density at radius 1 is 1.44 bits per heavy atom. The zero-order chi connectivity index (χ0) is 13.0. The zero-order valence-corrected chi connectivity index (χ0v) is 10.6. The van der Waals surface area contributed by atoms with Gasteiger partial charge < -0.3 is 10.2 Å². The second kappa shape index (κ2) is 6.03. The molecule has 0 spiro atoms. The van der Waals surface area contributed by atoms with Gasteiger partial charge in [0, 0.05) is 18.5 Å². The maximum Gasteiger partial charge on any atom is 0.307 e. The molecule has 0 radical (unpaired) electrons. The molecule has 1 aromatic rings. The Morgan fingerprint density at radius 3 is 2.78 bits per heavy atom. The van der Waals surface area contributed by atoms with Gasteiger partial charge in [-0.25, -0.2) is 0 Å². The Hall–Kier alpha value is -1.31. The summed E-state index contributed by atoms with van der Waals surface area (Å²) < 4.78 is 5.28. The third kappa shape index (κ3) is 2.92. The fraction of sp³-hybridized carbons (Fsp3) is 0.455. The molecular weight excluding hydrogens is 254 g/mol. The van der Waals surface area contributed by atoms with Gasteiger partial charge in [-0.15, -0.1) is 11.8 Å². The predicted molar refractivity (Wildman–Crippen MR) is 70.6 cm³/mol. The average Bonchev–Trinajstić information content (AvgIpc) is 2.39. The number of nitro groups is 1. The van der Waals surface area contributed by atoms with Crippen LogP contribution in [0.25, 0.3) is 0 Å². The Balaban J connectivity index is 2.23. The normalized spacial score (nSPS) is 16.5. The van der Waals surface area contributed by atoms with E-state index in [2.05, 4.69) is 5.43 Å². The number of para-hydroxylation sites is 1. The Bertz CT molecular complexity index is 436. The van der Waals surface area contributed by atoms with Gasteiger partial charge in [-0.05, 0) is 25.0 Å². The second-order valence-electron chi connectivity index (χ2n) is 3.98. The number of nitrogens with two attached hydrogens (primary N) is 1. The molecule has 0 aliphatic carbocycles. The molecule has 1 aromatic carbocycles. The van der Waals surface area contributed by atoms with Gasteiger partial charge in [0.25, 0.3) is 0 Å². The maximum atomic E-state index is 11.1. The number of nitrogens with one attached hydrogen (secondary N) is 1. The van der Waals surface area contributed by atoms with Crippen LogP contribution < -0.4 is 11.3 Å². The molecule has 0 bridgehead atoms. The van der Waals surface area contributed by atoms with Crippen LogP contribution in [0.2, 0.25) is 0 Å². The minimum absolute atomic E-state index is 0.0523. The molecule has 0 amide bonds. The van der Waals surface area contributed by atoms with E-state index in [0.717, 1.165) is 26.1 Å². The van der Waals surface area contributed by atoms with E-state index in [-0.39, 0.29) is 5.69 Å². The molecule has 1 aliphatic heterocycles. The molecule has 7 heteroatoms. The van der Waals surface area contributed by atoms with E-state index in [9.17, 15) is 10.1 Å². The lowest BCUT2D eigenvalue weighted by molar-refractivity contribution is -0.386. The number of anilines is 1. The van der Waals surface area contributed by atoms with Crippen LogP contribution in [0.1, 0.15) is 12.8 Å². The largest absolute Gasteiger partial charge is 0.381 e. The summed E-state index contributed by atoms with van der Waals surface area (Å²) in [5, 5.41) is 11.5. The van der Waals surface area contributed by atoms with Crippen LogP contribution in [0.5, 0.6) is 0 Å². The molecule has 1 heterocycles. The summed E-state index contributed by atoms with van der Waals surface area (Å²) in [6, 6.07) is 5.13. The molecule has 0 unspecified atom stereocenters. The highest BCUT2D eigenvalue weighted by atomic mass is 32.2. The zero-order valence-electron chi connectivity index (χ0n) is 9.80. The quantitative estimate of drug-likeness (QED) is 0.494. The van der Waals surface area contributed by atoms with E-state index in [1.807, 2.05) is 0 Å². The van der Waals surface area contributed by atoms with E-state index < -0.39 is 4.92 Å². The number of thioether (sulfide) groups is 1. The van der Waals surface area contributed by atoms with Crippen LogP contribution in [-0.4, -0.2) is 23.4 Å². The number of benzene rings is 1. The van der Waals surface area contributed by atoms with Crippen LogP contribution in [0.3, 0.4) is 0 Å². The van der Waals surface area contributed by atoms with Crippen molar-refractivity contribution in [2.45, 2.75) is 23.0 Å². The molecule has 2 rings (SSSR count). The summed E-state index contributed by atoms with van der Waals surface area (Å²) in [7, 11) is 0. The lowest BCUT2D eigenvalue weighted by atomic mass is 10.2. The lowest BCUT2D eigenvalue weighted by Crippen LogP contribution is -2.17. The number of hydrazine groups is 1. The number of nitrogen functional groups attached to an aromatic ring is 1. The monoisotopic (exact) mass is 269 g/mol. The molecule has 0 saturated carbocycles. The van der Waals surface area contributed by atoms with Crippen molar-refractivity contribution in [2.75, 3.05) is 18.6 Å². The molecule has 1 aliphatic rings. The number of nitro benzene ring substituents is 1. The first-order valence-electron chi connectivity index (χ1n) is 5.71. The minimum atomic E-state index is -0.392. The highest BCUT2D eigenvalue weighted by Crippen LogP contribution is 2.39. The Kier molecular flexibility index (Phi) is 4.40. The summed E-state index contributed by atoms with van der Waals surface area (Å²) in [5.74, 6) is 5.31. The van der Waals surface area contributed by atoms with Crippen molar-refractivity contribution in [2.24, 2.45) is 5.84 Å². The fourth-order valence-corrected chi connectivity index (χ4v) is 3.14. The van der Waals surface area contributed by atoms with Gasteiger partial charge in [-0.1, -0.05) is 6.07 Å². The van der Waals surface area contributed by atoms with Crippen LogP contribution in [0.15, 0.2) is 23.1 Å². The van der Waals surface area contributed by atoms with E-state index in [1.165, 1.54) is 11.8 Å². The number of hydrogen-bond donors (Lipinski definition) is 2. The van der Waals surface area contributed by atoms with E-state index >= 15 is 0 Å². The third-order valence-corrected chi connectivity index (χ3v) is 4.19. The van der Waals surface area contributed by atoms with Crippen molar-refractivity contribution in [1.82, 2.24) is 0 Å². The van der Waals surface area contributed by atoms with Crippen LogP contribution in [0.4, 0.5) is 11.4 Å². The summed E-state index contributed by atoms with van der Waals surface area (Å²) in [5.41, 5.74) is 2.77. The summed E-state index contributed by atoms with van der Waals surface area (Å²) >= 11 is 1.53. The lowest BCUT2D eigenvalue weighted by Gasteiger charge is -2.21. The van der Waals surface area contributed by atoms with Crippen LogP contribution >= 0.6 is 11.8 Å². The van der Waals surface area contributed by atoms with Gasteiger partial charge in [0.15, 0.2) is 0 Å². The minimum Gasteiger partial charge on any atom is -0.381 e. The van der Waals surface area contributed by atoms with Gasteiger partial charge in [-0.2, -0.15) is 0 Å². The molecule has 98 valence electrons. The van der Waals surface area contributed by atoms with Gasteiger partial charge in [-0.3, -0.25) is 16.0 Å². The predicted octanol–water partition coefficient (Wildman–Crippen LogP) is 2.15. The standard InChI is InChI=1S/C11H15N3O3S/c12-13-9-2-1-3-10(11(9)14(15)16)18-8-4-6-17-7-5-8/h1-3,8,13H,4-7,12H2. The summed E-state index contributed by atoms with van der Waals surface area (Å²) in [6.07, 6.45) is 1.84. The number of hydrogen-bond acceptors (Lipinski definition) is 6. The number of nitrogens with zero attached hydrogens (tertiary/aromatic N) is 1. The van der Waals surface area contributed by atoms with Gasteiger partial charge >= 0.3 is 5.69 Å². The molecule has 3 N–H and O–H groups in total. The van der Waals surface area contributed by atoms with Crippen molar-refractivity contribution >= 4 is 23.1 Å². The Morgan fingerprint density at radius 2 is 2.17 bits per heavy atom. The highest BCUT2D eigenvalue weighted by molar-refractivity contribution is 8.00. The van der Waals surface area contributed by atoms with Crippen molar-refractivity contribution in [1.29, 1.82) is 0 Å². The molecule has 1 saturated heterocycles. The van der Waals surface area contributed by atoms with Crippen molar-refractivity contribution in [3.63, 3.8) is 0 Å².